The molecule has 2 aromatic rings. The van der Waals surface area contributed by atoms with Crippen molar-refractivity contribution in [3.63, 3.8) is 0 Å². The molecule has 112 valence electrons. The molecule has 0 aliphatic carbocycles. The van der Waals surface area contributed by atoms with Crippen molar-refractivity contribution in [2.45, 2.75) is 19.1 Å². The highest BCUT2D eigenvalue weighted by molar-refractivity contribution is 5.54. The third-order valence-electron chi connectivity index (χ3n) is 3.03. The molecular formula is C15H12F5N. The molecule has 2 rings (SSSR count). The minimum Gasteiger partial charge on any atom is -0.378 e. The summed E-state index contributed by atoms with van der Waals surface area (Å²) in [6.07, 6.45) is -4.52. The van der Waals surface area contributed by atoms with Crippen LogP contribution in [0.4, 0.5) is 27.6 Å². The fourth-order valence-electron chi connectivity index (χ4n) is 2.01. The Bertz CT molecular complexity index is 636. The van der Waals surface area contributed by atoms with Crippen molar-refractivity contribution in [1.82, 2.24) is 0 Å². The lowest BCUT2D eigenvalue weighted by molar-refractivity contribution is -0.137. The summed E-state index contributed by atoms with van der Waals surface area (Å²) >= 11 is 0. The van der Waals surface area contributed by atoms with Crippen molar-refractivity contribution in [1.29, 1.82) is 0 Å². The van der Waals surface area contributed by atoms with Gasteiger partial charge in [-0.2, -0.15) is 13.2 Å². The minimum absolute atomic E-state index is 0.0352. The molecule has 1 nitrogen and oxygen atoms in total. The third-order valence-corrected chi connectivity index (χ3v) is 3.03. The van der Waals surface area contributed by atoms with E-state index in [2.05, 4.69) is 5.32 Å². The molecule has 0 bridgehead atoms. The number of rotatable bonds is 3. The summed E-state index contributed by atoms with van der Waals surface area (Å²) in [5, 5.41) is 2.57. The summed E-state index contributed by atoms with van der Waals surface area (Å²) in [5.74, 6) is -1.33. The second kappa shape index (κ2) is 5.71. The van der Waals surface area contributed by atoms with Gasteiger partial charge in [-0.15, -0.1) is 0 Å². The predicted octanol–water partition coefficient (Wildman–Crippen LogP) is 5.16. The van der Waals surface area contributed by atoms with Gasteiger partial charge < -0.3 is 5.32 Å². The lowest BCUT2D eigenvalue weighted by atomic mass is 10.1. The van der Waals surface area contributed by atoms with Gasteiger partial charge in [-0.3, -0.25) is 0 Å². The summed E-state index contributed by atoms with van der Waals surface area (Å²) in [6.45, 7) is 1.46. The van der Waals surface area contributed by atoms with Crippen molar-refractivity contribution >= 4 is 5.69 Å². The maximum absolute atomic E-state index is 13.6. The second-order valence-electron chi connectivity index (χ2n) is 4.58. The first kappa shape index (κ1) is 15.3. The van der Waals surface area contributed by atoms with E-state index in [0.717, 1.165) is 24.3 Å². The average Bonchev–Trinajstić information content (AvgIpc) is 2.41. The van der Waals surface area contributed by atoms with E-state index in [0.29, 0.717) is 0 Å². The lowest BCUT2D eigenvalue weighted by Crippen LogP contribution is -2.14. The standard InChI is InChI=1S/C15H12F5N/c1-9(11-8-10(16)6-7-13(11)17)21-14-5-3-2-4-12(14)15(18,19)20/h2-9,21H,1H3. The zero-order chi connectivity index (χ0) is 15.6. The number of nitrogens with one attached hydrogen (secondary N) is 1. The molecule has 0 saturated carbocycles. The van der Waals surface area contributed by atoms with E-state index in [4.69, 9.17) is 0 Å². The monoisotopic (exact) mass is 301 g/mol. The largest absolute Gasteiger partial charge is 0.418 e. The number of anilines is 1. The Morgan fingerprint density at radius 2 is 1.67 bits per heavy atom. The smallest absolute Gasteiger partial charge is 0.378 e. The molecule has 0 amide bonds. The maximum atomic E-state index is 13.6. The molecule has 2 aromatic carbocycles. The van der Waals surface area contributed by atoms with Crippen molar-refractivity contribution < 1.29 is 22.0 Å². The van der Waals surface area contributed by atoms with Crippen LogP contribution >= 0.6 is 0 Å². The Kier molecular flexibility index (Phi) is 4.16. The van der Waals surface area contributed by atoms with Crippen LogP contribution in [0, 0.1) is 11.6 Å². The molecule has 0 aromatic heterocycles. The Labute approximate surface area is 118 Å². The molecule has 0 aliphatic rings. The van der Waals surface area contributed by atoms with Gasteiger partial charge in [0.05, 0.1) is 11.6 Å². The van der Waals surface area contributed by atoms with Gasteiger partial charge in [-0.1, -0.05) is 12.1 Å². The quantitative estimate of drug-likeness (QED) is 0.772. The van der Waals surface area contributed by atoms with Crippen LogP contribution in [-0.4, -0.2) is 0 Å². The third kappa shape index (κ3) is 3.51. The van der Waals surface area contributed by atoms with Crippen LogP contribution in [0.5, 0.6) is 0 Å². The van der Waals surface area contributed by atoms with Gasteiger partial charge in [0.15, 0.2) is 0 Å². The summed E-state index contributed by atoms with van der Waals surface area (Å²) < 4.78 is 65.4. The molecule has 0 fully saturated rings. The molecule has 0 heterocycles. The Morgan fingerprint density at radius 3 is 2.33 bits per heavy atom. The summed E-state index contributed by atoms with van der Waals surface area (Å²) in [7, 11) is 0. The van der Waals surface area contributed by atoms with Gasteiger partial charge in [0, 0.05) is 11.3 Å². The zero-order valence-electron chi connectivity index (χ0n) is 11.0. The Balaban J connectivity index is 2.32. The average molecular weight is 301 g/mol. The highest BCUT2D eigenvalue weighted by Crippen LogP contribution is 2.36. The van der Waals surface area contributed by atoms with Crippen LogP contribution in [0.15, 0.2) is 42.5 Å². The Hall–Kier alpha value is -2.11. The molecule has 0 spiro atoms. The zero-order valence-corrected chi connectivity index (χ0v) is 11.0. The van der Waals surface area contributed by atoms with E-state index in [9.17, 15) is 22.0 Å². The lowest BCUT2D eigenvalue weighted by Gasteiger charge is -2.20. The number of hydrogen-bond donors (Lipinski definition) is 1. The summed E-state index contributed by atoms with van der Waals surface area (Å²) in [4.78, 5) is 0. The van der Waals surface area contributed by atoms with Crippen molar-refractivity contribution in [3.8, 4) is 0 Å². The van der Waals surface area contributed by atoms with Gasteiger partial charge in [0.1, 0.15) is 11.6 Å². The topological polar surface area (TPSA) is 12.0 Å². The number of alkyl halides is 3. The second-order valence-corrected chi connectivity index (χ2v) is 4.58. The molecule has 21 heavy (non-hydrogen) atoms. The van der Waals surface area contributed by atoms with Crippen molar-refractivity contribution in [2.24, 2.45) is 0 Å². The first-order valence-electron chi connectivity index (χ1n) is 6.16. The van der Waals surface area contributed by atoms with E-state index >= 15 is 0 Å². The van der Waals surface area contributed by atoms with Crippen LogP contribution in [-0.2, 0) is 6.18 Å². The van der Waals surface area contributed by atoms with Crippen molar-refractivity contribution in [2.75, 3.05) is 5.32 Å². The van der Waals surface area contributed by atoms with E-state index in [1.807, 2.05) is 0 Å². The fraction of sp³-hybridized carbons (Fsp3) is 0.200. The predicted molar refractivity (Wildman–Crippen MR) is 69.8 cm³/mol. The van der Waals surface area contributed by atoms with Gasteiger partial charge in [0.2, 0.25) is 0 Å². The SMILES string of the molecule is CC(Nc1ccccc1C(F)(F)F)c1cc(F)ccc1F. The van der Waals surface area contributed by atoms with Crippen LogP contribution in [0.2, 0.25) is 0 Å². The number of hydrogen-bond acceptors (Lipinski definition) is 1. The van der Waals surface area contributed by atoms with Gasteiger partial charge in [-0.05, 0) is 37.3 Å². The molecule has 1 N–H and O–H groups in total. The molecule has 6 heteroatoms. The van der Waals surface area contributed by atoms with Crippen LogP contribution < -0.4 is 5.32 Å². The summed E-state index contributed by atoms with van der Waals surface area (Å²) in [6, 6.07) is 6.92. The van der Waals surface area contributed by atoms with Crippen molar-refractivity contribution in [3.05, 3.63) is 65.2 Å². The van der Waals surface area contributed by atoms with Crippen LogP contribution in [0.3, 0.4) is 0 Å². The highest BCUT2D eigenvalue weighted by atomic mass is 19.4. The van der Waals surface area contributed by atoms with E-state index < -0.39 is 29.4 Å². The summed E-state index contributed by atoms with van der Waals surface area (Å²) in [5.41, 5.74) is -1.07. The first-order valence-corrected chi connectivity index (χ1v) is 6.16. The normalized spacial score (nSPS) is 13.0. The fourth-order valence-corrected chi connectivity index (χ4v) is 2.01. The maximum Gasteiger partial charge on any atom is 0.418 e. The number of para-hydroxylation sites is 1. The Morgan fingerprint density at radius 1 is 1.00 bits per heavy atom. The van der Waals surface area contributed by atoms with Crippen LogP contribution in [0.1, 0.15) is 24.1 Å². The van der Waals surface area contributed by atoms with Gasteiger partial charge >= 0.3 is 6.18 Å². The van der Waals surface area contributed by atoms with E-state index in [-0.39, 0.29) is 11.3 Å². The molecule has 0 radical (unpaired) electrons. The number of halogens is 5. The molecular weight excluding hydrogens is 289 g/mol. The van der Waals surface area contributed by atoms with Gasteiger partial charge in [-0.25, -0.2) is 8.78 Å². The van der Waals surface area contributed by atoms with E-state index in [1.165, 1.54) is 25.1 Å². The first-order chi connectivity index (χ1) is 9.79. The molecule has 0 aliphatic heterocycles. The molecule has 1 atom stereocenters. The molecule has 0 saturated heterocycles. The highest BCUT2D eigenvalue weighted by Gasteiger charge is 2.33. The van der Waals surface area contributed by atoms with E-state index in [1.54, 1.807) is 0 Å². The van der Waals surface area contributed by atoms with Crippen LogP contribution in [0.25, 0.3) is 0 Å². The van der Waals surface area contributed by atoms with Gasteiger partial charge in [0.25, 0.3) is 0 Å². The number of benzene rings is 2. The molecule has 1 unspecified atom stereocenters. The minimum atomic E-state index is -4.52.